The second-order valence-corrected chi connectivity index (χ2v) is 8.88. The molecule has 4 amide bonds. The smallest absolute Gasteiger partial charge is 0.326 e. The number of hydrogen-bond donors (Lipinski definition) is 6. The van der Waals surface area contributed by atoms with Gasteiger partial charge in [0, 0.05) is 19.4 Å². The van der Waals surface area contributed by atoms with Crippen LogP contribution >= 0.6 is 0 Å². The van der Waals surface area contributed by atoms with Gasteiger partial charge in [0.2, 0.25) is 23.6 Å². The summed E-state index contributed by atoms with van der Waals surface area (Å²) in [5.74, 6) is -5.40. The average Bonchev–Trinajstić information content (AvgIpc) is 3.34. The van der Waals surface area contributed by atoms with Gasteiger partial charge in [-0.05, 0) is 37.7 Å². The zero-order chi connectivity index (χ0) is 27.5. The third kappa shape index (κ3) is 9.18. The number of aliphatic carboxylic acids is 2. The Hall–Kier alpha value is -4.00. The lowest BCUT2D eigenvalue weighted by Crippen LogP contribution is -2.57. The van der Waals surface area contributed by atoms with Crippen LogP contribution in [-0.4, -0.2) is 81.4 Å². The Balaban J connectivity index is 2.16. The summed E-state index contributed by atoms with van der Waals surface area (Å²) < 4.78 is 0. The van der Waals surface area contributed by atoms with E-state index in [2.05, 4.69) is 10.6 Å². The Bertz CT molecular complexity index is 1000. The number of nitrogens with one attached hydrogen (secondary N) is 2. The molecule has 1 saturated heterocycles. The number of likely N-dealkylation sites (tertiary alicyclic amines) is 1. The quantitative estimate of drug-likeness (QED) is 0.172. The Kier molecular flexibility index (Phi) is 11.0. The molecule has 0 bridgehead atoms. The van der Waals surface area contributed by atoms with Crippen LogP contribution in [0.25, 0.3) is 0 Å². The van der Waals surface area contributed by atoms with Crippen molar-refractivity contribution in [2.45, 2.75) is 69.1 Å². The average molecular weight is 520 g/mol. The SMILES string of the molecule is NC(=O)CCC(NC(=O)C(N)Cc1ccccc1)C(=O)NC(CCC(=O)O)C(=O)N1CCCC1C(=O)O. The molecule has 1 aliphatic rings. The van der Waals surface area contributed by atoms with Crippen molar-refractivity contribution in [2.24, 2.45) is 11.5 Å². The van der Waals surface area contributed by atoms with Gasteiger partial charge in [-0.25, -0.2) is 4.79 Å². The summed E-state index contributed by atoms with van der Waals surface area (Å²) in [5.41, 5.74) is 12.0. The highest BCUT2D eigenvalue weighted by molar-refractivity contribution is 5.94. The highest BCUT2D eigenvalue weighted by Gasteiger charge is 2.38. The summed E-state index contributed by atoms with van der Waals surface area (Å²) in [4.78, 5) is 74.0. The molecule has 1 fully saturated rings. The number of carbonyl (C=O) groups excluding carboxylic acids is 4. The minimum atomic E-state index is -1.35. The first kappa shape index (κ1) is 29.2. The van der Waals surface area contributed by atoms with E-state index in [4.69, 9.17) is 16.6 Å². The molecule has 1 aromatic carbocycles. The van der Waals surface area contributed by atoms with E-state index in [9.17, 15) is 33.9 Å². The molecule has 2 rings (SSSR count). The maximum absolute atomic E-state index is 13.1. The Morgan fingerprint density at radius 2 is 1.57 bits per heavy atom. The molecule has 1 aliphatic heterocycles. The largest absolute Gasteiger partial charge is 0.481 e. The predicted molar refractivity (Wildman–Crippen MR) is 130 cm³/mol. The number of primary amides is 1. The van der Waals surface area contributed by atoms with E-state index in [1.54, 1.807) is 24.3 Å². The Morgan fingerprint density at radius 3 is 2.16 bits per heavy atom. The van der Waals surface area contributed by atoms with Crippen molar-refractivity contribution < 1.29 is 39.0 Å². The predicted octanol–water partition coefficient (Wildman–Crippen LogP) is -1.27. The van der Waals surface area contributed by atoms with E-state index >= 15 is 0 Å². The van der Waals surface area contributed by atoms with Crippen molar-refractivity contribution in [3.8, 4) is 0 Å². The first-order chi connectivity index (χ1) is 17.5. The molecule has 0 aliphatic carbocycles. The van der Waals surface area contributed by atoms with E-state index in [1.165, 1.54) is 0 Å². The van der Waals surface area contributed by atoms with Gasteiger partial charge in [0.05, 0.1) is 6.04 Å². The Morgan fingerprint density at radius 1 is 0.946 bits per heavy atom. The maximum atomic E-state index is 13.1. The summed E-state index contributed by atoms with van der Waals surface area (Å²) in [5, 5.41) is 23.4. The topological polar surface area (TPSA) is 222 Å². The molecule has 37 heavy (non-hydrogen) atoms. The van der Waals surface area contributed by atoms with Gasteiger partial charge in [-0.15, -0.1) is 0 Å². The van der Waals surface area contributed by atoms with Crippen LogP contribution in [0.4, 0.5) is 0 Å². The molecule has 4 unspecified atom stereocenters. The minimum Gasteiger partial charge on any atom is -0.481 e. The second kappa shape index (κ2) is 13.9. The third-order valence-electron chi connectivity index (χ3n) is 6.03. The van der Waals surface area contributed by atoms with Gasteiger partial charge in [0.25, 0.3) is 0 Å². The minimum absolute atomic E-state index is 0.144. The van der Waals surface area contributed by atoms with Crippen LogP contribution in [0.15, 0.2) is 30.3 Å². The number of carbonyl (C=O) groups is 6. The first-order valence-electron chi connectivity index (χ1n) is 11.9. The van der Waals surface area contributed by atoms with Crippen LogP contribution in [0.1, 0.15) is 44.1 Å². The molecule has 202 valence electrons. The van der Waals surface area contributed by atoms with Crippen LogP contribution in [0.2, 0.25) is 0 Å². The molecule has 8 N–H and O–H groups in total. The second-order valence-electron chi connectivity index (χ2n) is 8.88. The number of nitrogens with two attached hydrogens (primary N) is 2. The summed E-state index contributed by atoms with van der Waals surface area (Å²) in [7, 11) is 0. The van der Waals surface area contributed by atoms with Crippen LogP contribution in [0.5, 0.6) is 0 Å². The zero-order valence-corrected chi connectivity index (χ0v) is 20.3. The number of rotatable bonds is 14. The lowest BCUT2D eigenvalue weighted by atomic mass is 10.0. The summed E-state index contributed by atoms with van der Waals surface area (Å²) >= 11 is 0. The van der Waals surface area contributed by atoms with Crippen molar-refractivity contribution in [1.29, 1.82) is 0 Å². The molecule has 13 heteroatoms. The number of benzene rings is 1. The number of hydrogen-bond acceptors (Lipinski definition) is 7. The van der Waals surface area contributed by atoms with Crippen LogP contribution < -0.4 is 22.1 Å². The number of amides is 4. The lowest BCUT2D eigenvalue weighted by Gasteiger charge is -2.28. The fourth-order valence-corrected chi connectivity index (χ4v) is 4.08. The first-order valence-corrected chi connectivity index (χ1v) is 11.9. The maximum Gasteiger partial charge on any atom is 0.326 e. The fraction of sp³-hybridized carbons (Fsp3) is 0.500. The van der Waals surface area contributed by atoms with Crippen molar-refractivity contribution in [3.63, 3.8) is 0 Å². The molecular weight excluding hydrogens is 486 g/mol. The standard InChI is InChI=1S/C24H33N5O8/c25-15(13-14-5-2-1-3-6-14)21(33)27-16(8-10-19(26)30)22(34)28-17(9-11-20(31)32)23(35)29-12-4-7-18(29)24(36)37/h1-3,5-6,15-18H,4,7-13,25H2,(H2,26,30)(H,27,33)(H,28,34)(H,31,32)(H,36,37). The van der Waals surface area contributed by atoms with Crippen molar-refractivity contribution in [1.82, 2.24) is 15.5 Å². The van der Waals surface area contributed by atoms with E-state index < -0.39 is 66.2 Å². The highest BCUT2D eigenvalue weighted by Crippen LogP contribution is 2.20. The van der Waals surface area contributed by atoms with Gasteiger partial charge in [-0.3, -0.25) is 24.0 Å². The zero-order valence-electron chi connectivity index (χ0n) is 20.3. The number of carboxylic acids is 2. The summed E-state index contributed by atoms with van der Waals surface area (Å²) in [6.07, 6.45) is -0.354. The van der Waals surface area contributed by atoms with Gasteiger partial charge in [0.15, 0.2) is 0 Å². The van der Waals surface area contributed by atoms with Crippen molar-refractivity contribution in [2.75, 3.05) is 6.54 Å². The lowest BCUT2D eigenvalue weighted by molar-refractivity contribution is -0.150. The molecule has 1 aromatic rings. The molecule has 4 atom stereocenters. The van der Waals surface area contributed by atoms with Gasteiger partial charge in [-0.2, -0.15) is 0 Å². The molecule has 0 aromatic heterocycles. The van der Waals surface area contributed by atoms with Gasteiger partial charge >= 0.3 is 11.9 Å². The van der Waals surface area contributed by atoms with E-state index in [0.29, 0.717) is 6.42 Å². The molecular formula is C24H33N5O8. The number of nitrogens with zero attached hydrogens (tertiary/aromatic N) is 1. The number of carboxylic acid groups (broad SMARTS) is 2. The van der Waals surface area contributed by atoms with Gasteiger partial charge < -0.3 is 37.2 Å². The van der Waals surface area contributed by atoms with Crippen LogP contribution in [0.3, 0.4) is 0 Å². The molecule has 13 nitrogen and oxygen atoms in total. The van der Waals surface area contributed by atoms with Gasteiger partial charge in [-0.1, -0.05) is 30.3 Å². The van der Waals surface area contributed by atoms with Crippen LogP contribution in [0, 0.1) is 0 Å². The van der Waals surface area contributed by atoms with E-state index in [-0.39, 0.29) is 38.6 Å². The molecule has 0 spiro atoms. The molecule has 1 heterocycles. The summed E-state index contributed by atoms with van der Waals surface area (Å²) in [6.45, 7) is 0.144. The fourth-order valence-electron chi connectivity index (χ4n) is 4.08. The third-order valence-corrected chi connectivity index (χ3v) is 6.03. The normalized spacial score (nSPS) is 17.3. The van der Waals surface area contributed by atoms with E-state index in [0.717, 1.165) is 10.5 Å². The highest BCUT2D eigenvalue weighted by atomic mass is 16.4. The summed E-state index contributed by atoms with van der Waals surface area (Å²) in [6, 6.07) is 4.19. The van der Waals surface area contributed by atoms with Gasteiger partial charge in [0.1, 0.15) is 18.1 Å². The van der Waals surface area contributed by atoms with Crippen molar-refractivity contribution >= 4 is 35.6 Å². The van der Waals surface area contributed by atoms with Crippen molar-refractivity contribution in [3.05, 3.63) is 35.9 Å². The Labute approximate surface area is 213 Å². The van der Waals surface area contributed by atoms with Crippen LogP contribution in [-0.2, 0) is 35.2 Å². The van der Waals surface area contributed by atoms with E-state index in [1.807, 2.05) is 6.07 Å². The molecule has 0 radical (unpaired) electrons. The molecule has 0 saturated carbocycles. The monoisotopic (exact) mass is 519 g/mol.